The van der Waals surface area contributed by atoms with Gasteiger partial charge in [-0.1, -0.05) is 0 Å². The van der Waals surface area contributed by atoms with Crippen LogP contribution >= 0.6 is 15.9 Å². The van der Waals surface area contributed by atoms with E-state index < -0.39 is 11.9 Å². The van der Waals surface area contributed by atoms with E-state index in [2.05, 4.69) is 15.9 Å². The van der Waals surface area contributed by atoms with Crippen LogP contribution in [0.15, 0.2) is 34.1 Å². The Morgan fingerprint density at radius 3 is 2.28 bits per heavy atom. The molecule has 3 rings (SSSR count). The second kappa shape index (κ2) is 7.07. The van der Waals surface area contributed by atoms with E-state index in [-0.39, 0.29) is 40.4 Å². The maximum Gasteiger partial charge on any atom is 0.181 e. The number of ketones is 3. The van der Waals surface area contributed by atoms with Crippen LogP contribution in [0, 0.1) is 5.82 Å². The molecule has 2 aliphatic rings. The summed E-state index contributed by atoms with van der Waals surface area (Å²) in [5.74, 6) is -1.15. The van der Waals surface area contributed by atoms with Gasteiger partial charge in [-0.05, 0) is 53.4 Å². The lowest BCUT2D eigenvalue weighted by Crippen LogP contribution is -2.51. The van der Waals surface area contributed by atoms with Crippen LogP contribution in [0.25, 0.3) is 0 Å². The topological polar surface area (TPSA) is 80.5 Å². The molecular weight excluding hydrogens is 391 g/mol. The molecule has 2 aliphatic carbocycles. The monoisotopic (exact) mass is 408 g/mol. The number of nitrogens with zero attached hydrogens (tertiary/aromatic N) is 1. The van der Waals surface area contributed by atoms with Crippen LogP contribution in [-0.4, -0.2) is 23.4 Å². The number of allylic oxidation sites excluding steroid dienone is 2. The first-order chi connectivity index (χ1) is 11.9. The lowest BCUT2D eigenvalue weighted by molar-refractivity contribution is -0.131. The van der Waals surface area contributed by atoms with Crippen molar-refractivity contribution in [1.29, 1.82) is 0 Å². The minimum Gasteiger partial charge on any atom is -0.400 e. The number of hydrogen-bond acceptors (Lipinski definition) is 5. The van der Waals surface area contributed by atoms with Gasteiger partial charge in [0.2, 0.25) is 0 Å². The Morgan fingerprint density at radius 2 is 1.68 bits per heavy atom. The first-order valence-electron chi connectivity index (χ1n) is 8.21. The smallest absolute Gasteiger partial charge is 0.181 e. The van der Waals surface area contributed by atoms with Crippen molar-refractivity contribution in [2.24, 2.45) is 5.73 Å². The Kier molecular flexibility index (Phi) is 5.03. The third-order valence-corrected chi connectivity index (χ3v) is 5.16. The molecule has 5 nitrogen and oxygen atoms in total. The second-order valence-electron chi connectivity index (χ2n) is 6.31. The summed E-state index contributed by atoms with van der Waals surface area (Å²) < 4.78 is 13.8. The Hall–Kier alpha value is -2.02. The van der Waals surface area contributed by atoms with Gasteiger partial charge < -0.3 is 10.6 Å². The van der Waals surface area contributed by atoms with Crippen molar-refractivity contribution in [2.75, 3.05) is 4.90 Å². The van der Waals surface area contributed by atoms with Crippen LogP contribution in [0.5, 0.6) is 0 Å². The Balaban J connectivity index is 2.17. The molecule has 0 saturated heterocycles. The van der Waals surface area contributed by atoms with Crippen molar-refractivity contribution in [3.63, 3.8) is 0 Å². The van der Waals surface area contributed by atoms with Gasteiger partial charge in [0.05, 0.1) is 4.47 Å². The highest BCUT2D eigenvalue weighted by Crippen LogP contribution is 2.34. The SMILES string of the molecule is NC1=C(N(c2ccc(F)c(Br)c2)C2C(=O)CCCC2=O)C(=O)CCC1. The summed E-state index contributed by atoms with van der Waals surface area (Å²) in [6.45, 7) is 0. The second-order valence-corrected chi connectivity index (χ2v) is 7.16. The van der Waals surface area contributed by atoms with Crippen LogP contribution in [0.1, 0.15) is 38.5 Å². The number of anilines is 1. The van der Waals surface area contributed by atoms with Crippen LogP contribution in [-0.2, 0) is 14.4 Å². The normalized spacial score (nSPS) is 19.5. The molecule has 0 bridgehead atoms. The average Bonchev–Trinajstić information content (AvgIpc) is 2.55. The van der Waals surface area contributed by atoms with E-state index in [9.17, 15) is 18.8 Å². The molecule has 7 heteroatoms. The van der Waals surface area contributed by atoms with Gasteiger partial charge in [0.15, 0.2) is 23.4 Å². The van der Waals surface area contributed by atoms with Crippen LogP contribution < -0.4 is 10.6 Å². The van der Waals surface area contributed by atoms with Gasteiger partial charge in [0.1, 0.15) is 11.5 Å². The molecule has 25 heavy (non-hydrogen) atoms. The number of carbonyl (C=O) groups is 3. The van der Waals surface area contributed by atoms with E-state index in [4.69, 9.17) is 5.73 Å². The average molecular weight is 409 g/mol. The van der Waals surface area contributed by atoms with E-state index >= 15 is 0 Å². The first kappa shape index (κ1) is 17.8. The van der Waals surface area contributed by atoms with Crippen LogP contribution in [0.4, 0.5) is 10.1 Å². The van der Waals surface area contributed by atoms with Gasteiger partial charge in [-0.3, -0.25) is 14.4 Å². The maximum atomic E-state index is 13.7. The van der Waals surface area contributed by atoms with Crippen molar-refractivity contribution >= 4 is 39.0 Å². The molecule has 1 saturated carbocycles. The van der Waals surface area contributed by atoms with Crippen molar-refractivity contribution in [3.05, 3.63) is 39.9 Å². The van der Waals surface area contributed by atoms with Crippen LogP contribution in [0.3, 0.4) is 0 Å². The van der Waals surface area contributed by atoms with E-state index in [0.717, 1.165) is 0 Å². The van der Waals surface area contributed by atoms with E-state index in [0.29, 0.717) is 37.1 Å². The van der Waals surface area contributed by atoms with Gasteiger partial charge in [0.25, 0.3) is 0 Å². The molecule has 1 aromatic rings. The van der Waals surface area contributed by atoms with Crippen molar-refractivity contribution in [1.82, 2.24) is 0 Å². The van der Waals surface area contributed by atoms with Gasteiger partial charge in [-0.15, -0.1) is 0 Å². The summed E-state index contributed by atoms with van der Waals surface area (Å²) in [6.07, 6.45) is 2.53. The molecule has 2 N–H and O–H groups in total. The Morgan fingerprint density at radius 1 is 1.04 bits per heavy atom. The lowest BCUT2D eigenvalue weighted by atomic mass is 9.89. The quantitative estimate of drug-likeness (QED) is 0.777. The number of carbonyl (C=O) groups excluding carboxylic acids is 3. The summed E-state index contributed by atoms with van der Waals surface area (Å²) >= 11 is 3.12. The van der Waals surface area contributed by atoms with Gasteiger partial charge in [-0.25, -0.2) is 4.39 Å². The minimum absolute atomic E-state index is 0.188. The summed E-state index contributed by atoms with van der Waals surface area (Å²) in [5, 5.41) is 0. The zero-order valence-corrected chi connectivity index (χ0v) is 15.1. The zero-order valence-electron chi connectivity index (χ0n) is 13.6. The van der Waals surface area contributed by atoms with E-state index in [1.807, 2.05) is 0 Å². The zero-order chi connectivity index (χ0) is 18.1. The van der Waals surface area contributed by atoms with Crippen molar-refractivity contribution in [3.8, 4) is 0 Å². The highest BCUT2D eigenvalue weighted by Gasteiger charge is 2.40. The molecular formula is C18H18BrFN2O3. The number of hydrogen-bond donors (Lipinski definition) is 1. The molecule has 0 heterocycles. The third-order valence-electron chi connectivity index (χ3n) is 4.56. The van der Waals surface area contributed by atoms with Gasteiger partial charge in [-0.2, -0.15) is 0 Å². The fraction of sp³-hybridized carbons (Fsp3) is 0.389. The number of nitrogens with two attached hydrogens (primary N) is 1. The largest absolute Gasteiger partial charge is 0.400 e. The fourth-order valence-electron chi connectivity index (χ4n) is 3.36. The third kappa shape index (κ3) is 3.38. The lowest BCUT2D eigenvalue weighted by Gasteiger charge is -2.37. The van der Waals surface area contributed by atoms with Gasteiger partial charge >= 0.3 is 0 Å². The van der Waals surface area contributed by atoms with Crippen molar-refractivity contribution in [2.45, 2.75) is 44.6 Å². The van der Waals surface area contributed by atoms with E-state index in [1.165, 1.54) is 23.1 Å². The molecule has 0 aliphatic heterocycles. The summed E-state index contributed by atoms with van der Waals surface area (Å²) in [5.41, 5.74) is 7.04. The molecule has 0 aromatic heterocycles. The summed E-state index contributed by atoms with van der Waals surface area (Å²) in [7, 11) is 0. The van der Waals surface area contributed by atoms with Gasteiger partial charge in [0, 0.05) is 30.6 Å². The molecule has 132 valence electrons. The highest BCUT2D eigenvalue weighted by molar-refractivity contribution is 9.10. The number of benzene rings is 1. The summed E-state index contributed by atoms with van der Waals surface area (Å²) in [6, 6.07) is 3.07. The molecule has 0 spiro atoms. The molecule has 1 aromatic carbocycles. The number of Topliss-reactive ketones (excluding diaryl/α,β-unsaturated/α-hetero) is 3. The molecule has 1 fully saturated rings. The van der Waals surface area contributed by atoms with Crippen molar-refractivity contribution < 1.29 is 18.8 Å². The minimum atomic E-state index is -1.08. The maximum absolute atomic E-state index is 13.7. The predicted molar refractivity (Wildman–Crippen MR) is 94.3 cm³/mol. The standard InChI is InChI=1S/C18H18BrFN2O3/c19-11-9-10(7-8-12(11)20)22(17-13(21)3-1-4-14(17)23)18-15(24)5-2-6-16(18)25/h7-9,18H,1-6,21H2. The summed E-state index contributed by atoms with van der Waals surface area (Å²) in [4.78, 5) is 39.0. The number of rotatable bonds is 3. The first-order valence-corrected chi connectivity index (χ1v) is 9.01. The molecule has 0 radical (unpaired) electrons. The molecule has 0 unspecified atom stereocenters. The Labute approximate surface area is 153 Å². The van der Waals surface area contributed by atoms with E-state index in [1.54, 1.807) is 0 Å². The number of halogens is 2. The molecule has 0 amide bonds. The predicted octanol–water partition coefficient (Wildman–Crippen LogP) is 3.01. The van der Waals surface area contributed by atoms with Crippen LogP contribution in [0.2, 0.25) is 0 Å². The Bertz CT molecular complexity index is 775. The molecule has 0 atom stereocenters. The highest BCUT2D eigenvalue weighted by atomic mass is 79.9. The fourth-order valence-corrected chi connectivity index (χ4v) is 3.73.